The number of carbonyl (C=O) groups excluding carboxylic acids is 1. The molecule has 0 unspecified atom stereocenters. The van der Waals surface area contributed by atoms with Crippen molar-refractivity contribution >= 4 is 52.4 Å². The Bertz CT molecular complexity index is 900. The van der Waals surface area contributed by atoms with Crippen molar-refractivity contribution in [3.8, 4) is 12.1 Å². The number of benzene rings is 1. The highest BCUT2D eigenvalue weighted by Crippen LogP contribution is 2.29. The molecule has 0 aliphatic carbocycles. The van der Waals surface area contributed by atoms with Gasteiger partial charge in [-0.3, -0.25) is 4.79 Å². The second-order valence-corrected chi connectivity index (χ2v) is 7.11. The normalized spacial score (nSPS) is 11.2. The molecule has 0 aliphatic rings. The molecule has 25 heavy (non-hydrogen) atoms. The number of nitrogens with one attached hydrogen (secondary N) is 1. The Morgan fingerprint density at radius 2 is 1.80 bits per heavy atom. The van der Waals surface area contributed by atoms with Crippen molar-refractivity contribution in [3.05, 3.63) is 45.4 Å². The summed E-state index contributed by atoms with van der Waals surface area (Å²) in [7, 11) is 0. The van der Waals surface area contributed by atoms with Crippen LogP contribution in [0.25, 0.3) is 0 Å². The molecule has 0 saturated heterocycles. The number of rotatable bonds is 4. The third-order valence-electron chi connectivity index (χ3n) is 3.05. The number of nitriles is 2. The molecule has 1 aromatic heterocycles. The Labute approximate surface area is 158 Å². The van der Waals surface area contributed by atoms with Gasteiger partial charge in [0, 0.05) is 15.7 Å². The number of hydrogen-bond donors (Lipinski definition) is 2. The molecule has 3 N–H and O–H groups in total. The molecule has 0 spiro atoms. The zero-order valence-corrected chi connectivity index (χ0v) is 15.2. The summed E-state index contributed by atoms with van der Waals surface area (Å²) in [6.07, 6.45) is 0. The van der Waals surface area contributed by atoms with Gasteiger partial charge >= 0.3 is 0 Å². The topological polar surface area (TPSA) is 116 Å². The molecule has 2 aromatic rings. The molecule has 1 amide bonds. The van der Waals surface area contributed by atoms with Gasteiger partial charge < -0.3 is 11.1 Å². The van der Waals surface area contributed by atoms with Crippen LogP contribution in [0.1, 0.15) is 18.1 Å². The lowest BCUT2D eigenvalue weighted by Crippen LogP contribution is -2.22. The second-order valence-electron chi connectivity index (χ2n) is 4.90. The summed E-state index contributed by atoms with van der Waals surface area (Å²) in [4.78, 5) is 16.4. The van der Waals surface area contributed by atoms with E-state index in [1.165, 1.54) is 6.07 Å². The molecule has 126 valence electrons. The molecule has 0 aliphatic heterocycles. The van der Waals surface area contributed by atoms with E-state index in [1.807, 2.05) is 12.1 Å². The highest BCUT2D eigenvalue weighted by atomic mass is 35.5. The average molecular weight is 392 g/mol. The summed E-state index contributed by atoms with van der Waals surface area (Å²) < 4.78 is 0. The van der Waals surface area contributed by atoms with E-state index >= 15 is 0 Å². The van der Waals surface area contributed by atoms with Crippen molar-refractivity contribution in [2.45, 2.75) is 17.2 Å². The maximum atomic E-state index is 12.3. The number of halogens is 2. The summed E-state index contributed by atoms with van der Waals surface area (Å²) in [5.41, 5.74) is 6.44. The third kappa shape index (κ3) is 4.77. The number of nitrogen functional groups attached to an aromatic ring is 1. The van der Waals surface area contributed by atoms with Crippen LogP contribution in [0.15, 0.2) is 29.3 Å². The molecule has 9 heteroatoms. The lowest BCUT2D eigenvalue weighted by Gasteiger charge is -2.13. The van der Waals surface area contributed by atoms with E-state index in [4.69, 9.17) is 34.2 Å². The van der Waals surface area contributed by atoms with Gasteiger partial charge in [0.05, 0.1) is 16.4 Å². The molecule has 0 fully saturated rings. The predicted molar refractivity (Wildman–Crippen MR) is 98.5 cm³/mol. The molecular formula is C16H11Cl2N5OS. The Morgan fingerprint density at radius 1 is 1.20 bits per heavy atom. The molecule has 0 radical (unpaired) electrons. The first kappa shape index (κ1) is 18.9. The zero-order valence-electron chi connectivity index (χ0n) is 12.9. The standard InChI is InChI=1S/C16H11Cl2N5OS/c1-8(15(24)22-13-4-11(17)3-12(18)5-13)25-16-10(7-20)2-9(6-19)14(21)23-16/h2-5,8H,1H3,(H2,21,23)(H,22,24)/t8-/m1/s1. The van der Waals surface area contributed by atoms with Gasteiger partial charge in [0.25, 0.3) is 0 Å². The van der Waals surface area contributed by atoms with E-state index in [9.17, 15) is 10.1 Å². The van der Waals surface area contributed by atoms with Gasteiger partial charge in [0.1, 0.15) is 23.0 Å². The number of carbonyl (C=O) groups is 1. The van der Waals surface area contributed by atoms with Crippen molar-refractivity contribution in [1.29, 1.82) is 10.5 Å². The molecule has 2 rings (SSSR count). The van der Waals surface area contributed by atoms with Crippen LogP contribution in [0, 0.1) is 22.7 Å². The minimum absolute atomic E-state index is 0.0123. The van der Waals surface area contributed by atoms with Crippen molar-refractivity contribution in [3.63, 3.8) is 0 Å². The van der Waals surface area contributed by atoms with Crippen LogP contribution >= 0.6 is 35.0 Å². The molecule has 6 nitrogen and oxygen atoms in total. The first-order chi connectivity index (χ1) is 11.8. The smallest absolute Gasteiger partial charge is 0.237 e. The van der Waals surface area contributed by atoms with Crippen LogP contribution in [-0.2, 0) is 4.79 Å². The largest absolute Gasteiger partial charge is 0.383 e. The van der Waals surface area contributed by atoms with E-state index in [2.05, 4.69) is 10.3 Å². The molecule has 0 bridgehead atoms. The van der Waals surface area contributed by atoms with Gasteiger partial charge in [0.15, 0.2) is 0 Å². The molecule has 1 aromatic carbocycles. The average Bonchev–Trinajstić information content (AvgIpc) is 2.54. The van der Waals surface area contributed by atoms with Crippen LogP contribution in [0.3, 0.4) is 0 Å². The number of anilines is 2. The summed E-state index contributed by atoms with van der Waals surface area (Å²) >= 11 is 12.9. The van der Waals surface area contributed by atoms with Crippen molar-refractivity contribution in [1.82, 2.24) is 4.98 Å². The zero-order chi connectivity index (χ0) is 18.6. The predicted octanol–water partition coefficient (Wildman–Crippen LogP) is 3.83. The fourth-order valence-electron chi connectivity index (χ4n) is 1.86. The Kier molecular flexibility index (Phi) is 6.11. The Morgan fingerprint density at radius 3 is 2.36 bits per heavy atom. The van der Waals surface area contributed by atoms with Gasteiger partial charge in [-0.1, -0.05) is 35.0 Å². The quantitative estimate of drug-likeness (QED) is 0.764. The lowest BCUT2D eigenvalue weighted by atomic mass is 10.2. The number of nitrogens with two attached hydrogens (primary N) is 1. The SMILES string of the molecule is C[C@@H](Sc1nc(N)c(C#N)cc1C#N)C(=O)Nc1cc(Cl)cc(Cl)c1. The summed E-state index contributed by atoms with van der Waals surface area (Å²) in [6.45, 7) is 1.66. The fraction of sp³-hybridized carbons (Fsp3) is 0.125. The van der Waals surface area contributed by atoms with Crippen LogP contribution in [0.4, 0.5) is 11.5 Å². The van der Waals surface area contributed by atoms with Crippen LogP contribution in [0.2, 0.25) is 10.0 Å². The van der Waals surface area contributed by atoms with Crippen LogP contribution in [0.5, 0.6) is 0 Å². The Balaban J connectivity index is 2.18. The van der Waals surface area contributed by atoms with E-state index in [0.29, 0.717) is 15.7 Å². The van der Waals surface area contributed by atoms with Crippen molar-refractivity contribution in [2.24, 2.45) is 0 Å². The van der Waals surface area contributed by atoms with E-state index < -0.39 is 5.25 Å². The van der Waals surface area contributed by atoms with Gasteiger partial charge in [-0.2, -0.15) is 10.5 Å². The van der Waals surface area contributed by atoms with Crippen LogP contribution in [-0.4, -0.2) is 16.1 Å². The Hall–Kier alpha value is -2.45. The van der Waals surface area contributed by atoms with E-state index in [-0.39, 0.29) is 27.9 Å². The third-order valence-corrected chi connectivity index (χ3v) is 4.58. The maximum absolute atomic E-state index is 12.3. The van der Waals surface area contributed by atoms with E-state index in [0.717, 1.165) is 11.8 Å². The monoisotopic (exact) mass is 391 g/mol. The number of aromatic nitrogens is 1. The van der Waals surface area contributed by atoms with E-state index in [1.54, 1.807) is 25.1 Å². The van der Waals surface area contributed by atoms with Gasteiger partial charge in [-0.25, -0.2) is 4.98 Å². The number of hydrogen-bond acceptors (Lipinski definition) is 6. The highest BCUT2D eigenvalue weighted by molar-refractivity contribution is 8.00. The summed E-state index contributed by atoms with van der Waals surface area (Å²) in [5.74, 6) is -0.310. The van der Waals surface area contributed by atoms with Gasteiger partial charge in [-0.15, -0.1) is 0 Å². The molecule has 0 saturated carbocycles. The number of amides is 1. The maximum Gasteiger partial charge on any atom is 0.237 e. The summed E-state index contributed by atoms with van der Waals surface area (Å²) in [5, 5.41) is 21.3. The number of pyridine rings is 1. The minimum Gasteiger partial charge on any atom is -0.383 e. The number of thioether (sulfide) groups is 1. The molecule has 1 heterocycles. The van der Waals surface area contributed by atoms with Crippen molar-refractivity contribution in [2.75, 3.05) is 11.1 Å². The minimum atomic E-state index is -0.579. The van der Waals surface area contributed by atoms with Gasteiger partial charge in [-0.05, 0) is 31.2 Å². The van der Waals surface area contributed by atoms with Crippen molar-refractivity contribution < 1.29 is 4.79 Å². The number of nitrogens with zero attached hydrogens (tertiary/aromatic N) is 3. The van der Waals surface area contributed by atoms with Gasteiger partial charge in [0.2, 0.25) is 5.91 Å². The molecule has 1 atom stereocenters. The highest BCUT2D eigenvalue weighted by Gasteiger charge is 2.19. The lowest BCUT2D eigenvalue weighted by molar-refractivity contribution is -0.115. The molecular weight excluding hydrogens is 381 g/mol. The van der Waals surface area contributed by atoms with Crippen LogP contribution < -0.4 is 11.1 Å². The first-order valence-corrected chi connectivity index (χ1v) is 8.52. The fourth-order valence-corrected chi connectivity index (χ4v) is 3.27. The second kappa shape index (κ2) is 8.09. The summed E-state index contributed by atoms with van der Waals surface area (Å²) in [6, 6.07) is 9.86. The first-order valence-electron chi connectivity index (χ1n) is 6.88.